The van der Waals surface area contributed by atoms with Crippen LogP contribution in [-0.4, -0.2) is 10.3 Å². The van der Waals surface area contributed by atoms with Gasteiger partial charge in [-0.15, -0.1) is 11.3 Å². The summed E-state index contributed by atoms with van der Waals surface area (Å²) in [5.41, 5.74) is 7.76. The summed E-state index contributed by atoms with van der Waals surface area (Å²) in [4.78, 5) is 7.02. The maximum Gasteiger partial charge on any atom is 0.136 e. The van der Waals surface area contributed by atoms with Gasteiger partial charge in [0.1, 0.15) is 11.2 Å². The Morgan fingerprint density at radius 1 is 0.612 bits per heavy atom. The Kier molecular flexibility index (Phi) is 5.65. The van der Waals surface area contributed by atoms with Gasteiger partial charge in [-0.3, -0.25) is 4.99 Å². The number of thiophene rings is 1. The lowest BCUT2D eigenvalue weighted by Crippen LogP contribution is -2.30. The van der Waals surface area contributed by atoms with Crippen LogP contribution < -0.4 is 0 Å². The zero-order valence-electron chi connectivity index (χ0n) is 26.9. The topological polar surface area (TPSA) is 30.4 Å². The highest BCUT2D eigenvalue weighted by atomic mass is 32.1. The second kappa shape index (κ2) is 10.1. The molecular weight excluding hydrogens is 617 g/mol. The van der Waals surface area contributed by atoms with Gasteiger partial charge in [0.05, 0.1) is 33.4 Å². The molecule has 2 atom stereocenters. The molecule has 232 valence electrons. The quantitative estimate of drug-likeness (QED) is 0.188. The van der Waals surface area contributed by atoms with Gasteiger partial charge in [-0.25, -0.2) is 0 Å². The van der Waals surface area contributed by atoms with Gasteiger partial charge in [-0.1, -0.05) is 110 Å². The van der Waals surface area contributed by atoms with Crippen molar-refractivity contribution in [3.8, 4) is 0 Å². The number of fused-ring (bicyclic) bond motifs is 12. The summed E-state index contributed by atoms with van der Waals surface area (Å²) in [6.07, 6.45) is 0.936. The minimum Gasteiger partial charge on any atom is -0.456 e. The van der Waals surface area contributed by atoms with Crippen molar-refractivity contribution in [2.24, 2.45) is 10.9 Å². The van der Waals surface area contributed by atoms with Crippen LogP contribution in [-0.2, 0) is 0 Å². The Labute approximate surface area is 286 Å². The van der Waals surface area contributed by atoms with E-state index in [0.29, 0.717) is 0 Å². The first-order chi connectivity index (χ1) is 24.3. The Morgan fingerprint density at radius 3 is 2.18 bits per heavy atom. The van der Waals surface area contributed by atoms with E-state index in [4.69, 9.17) is 9.41 Å². The average molecular weight is 647 g/mol. The van der Waals surface area contributed by atoms with Gasteiger partial charge < -0.3 is 8.98 Å². The van der Waals surface area contributed by atoms with Gasteiger partial charge in [0.15, 0.2) is 0 Å². The molecule has 3 nitrogen and oxygen atoms in total. The summed E-state index contributed by atoms with van der Waals surface area (Å²) in [7, 11) is 0. The summed E-state index contributed by atoms with van der Waals surface area (Å²) >= 11 is 1.91. The van der Waals surface area contributed by atoms with Crippen molar-refractivity contribution in [1.82, 2.24) is 4.57 Å². The van der Waals surface area contributed by atoms with Crippen molar-refractivity contribution >= 4 is 98.1 Å². The number of aliphatic imine (C=N–C) groups is 1. The van der Waals surface area contributed by atoms with Crippen LogP contribution in [0, 0.1) is 5.92 Å². The van der Waals surface area contributed by atoms with E-state index in [0.717, 1.165) is 45.3 Å². The van der Waals surface area contributed by atoms with E-state index >= 15 is 0 Å². The fourth-order valence-electron chi connectivity index (χ4n) is 8.67. The molecule has 1 aliphatic heterocycles. The number of hydrogen-bond acceptors (Lipinski definition) is 3. The molecule has 0 radical (unpaired) electrons. The van der Waals surface area contributed by atoms with Crippen LogP contribution in [0.5, 0.6) is 0 Å². The zero-order chi connectivity index (χ0) is 32.2. The molecule has 10 aromatic rings. The number of para-hydroxylation sites is 1. The first-order valence-electron chi connectivity index (χ1n) is 17.1. The maximum absolute atomic E-state index is 6.42. The maximum atomic E-state index is 6.42. The van der Waals surface area contributed by atoms with Crippen LogP contribution in [0.3, 0.4) is 0 Å². The van der Waals surface area contributed by atoms with Crippen LogP contribution in [0.25, 0.3) is 75.4 Å². The van der Waals surface area contributed by atoms with Crippen LogP contribution in [0.15, 0.2) is 149 Å². The largest absolute Gasteiger partial charge is 0.456 e. The Bertz CT molecular complexity index is 3010. The highest BCUT2D eigenvalue weighted by Gasteiger charge is 2.39. The molecule has 1 aliphatic rings. The van der Waals surface area contributed by atoms with Gasteiger partial charge in [-0.2, -0.15) is 0 Å². The van der Waals surface area contributed by atoms with Gasteiger partial charge >= 0.3 is 0 Å². The van der Waals surface area contributed by atoms with E-state index < -0.39 is 0 Å². The molecular formula is C45H30N2OS. The van der Waals surface area contributed by atoms with Crippen molar-refractivity contribution in [1.29, 1.82) is 0 Å². The lowest BCUT2D eigenvalue weighted by molar-refractivity contribution is 0.481. The van der Waals surface area contributed by atoms with Crippen molar-refractivity contribution in [2.45, 2.75) is 19.4 Å². The van der Waals surface area contributed by atoms with Crippen LogP contribution in [0.1, 0.15) is 29.8 Å². The predicted octanol–water partition coefficient (Wildman–Crippen LogP) is 13.0. The number of aromatic nitrogens is 1. The monoisotopic (exact) mass is 646 g/mol. The molecule has 4 heterocycles. The lowest BCUT2D eigenvalue weighted by Gasteiger charge is -2.34. The fourth-order valence-corrected chi connectivity index (χ4v) is 9.97. The van der Waals surface area contributed by atoms with Crippen molar-refractivity contribution in [3.05, 3.63) is 150 Å². The van der Waals surface area contributed by atoms with E-state index in [9.17, 15) is 0 Å². The smallest absolute Gasteiger partial charge is 0.136 e. The minimum atomic E-state index is 0.0423. The third-order valence-electron chi connectivity index (χ3n) is 10.8. The summed E-state index contributed by atoms with van der Waals surface area (Å²) in [6, 6.07) is 50.8. The fraction of sp³-hybridized carbons (Fsp3) is 0.0889. The molecule has 0 amide bonds. The highest BCUT2D eigenvalue weighted by molar-refractivity contribution is 7.19. The zero-order valence-corrected chi connectivity index (χ0v) is 27.7. The van der Waals surface area contributed by atoms with Gasteiger partial charge in [0.2, 0.25) is 0 Å². The highest BCUT2D eigenvalue weighted by Crippen LogP contribution is 2.53. The van der Waals surface area contributed by atoms with Crippen molar-refractivity contribution in [2.75, 3.05) is 0 Å². The molecule has 3 aromatic heterocycles. The lowest BCUT2D eigenvalue weighted by atomic mass is 9.82. The van der Waals surface area contributed by atoms with Crippen LogP contribution >= 0.6 is 11.3 Å². The molecule has 11 rings (SSSR count). The van der Waals surface area contributed by atoms with Crippen LogP contribution in [0.4, 0.5) is 5.69 Å². The van der Waals surface area contributed by atoms with Crippen molar-refractivity contribution in [3.63, 3.8) is 0 Å². The number of furan rings is 1. The Hall–Kier alpha value is -5.71. The van der Waals surface area contributed by atoms with E-state index in [-0.39, 0.29) is 12.0 Å². The normalized spacial score (nSPS) is 16.5. The van der Waals surface area contributed by atoms with E-state index in [1.807, 2.05) is 17.4 Å². The first-order valence-corrected chi connectivity index (χ1v) is 17.9. The summed E-state index contributed by atoms with van der Waals surface area (Å²) < 4.78 is 10.4. The third kappa shape index (κ3) is 3.75. The number of nitrogens with zero attached hydrogens (tertiary/aromatic N) is 2. The second-order valence-corrected chi connectivity index (χ2v) is 14.4. The van der Waals surface area contributed by atoms with Crippen molar-refractivity contribution < 1.29 is 4.42 Å². The van der Waals surface area contributed by atoms with E-state index in [2.05, 4.69) is 145 Å². The molecule has 4 heteroatoms. The summed E-state index contributed by atoms with van der Waals surface area (Å²) in [5, 5.41) is 11.2. The first kappa shape index (κ1) is 27.3. The second-order valence-electron chi connectivity index (χ2n) is 13.3. The number of hydrogen-bond donors (Lipinski definition) is 0. The molecule has 0 saturated heterocycles. The SMILES string of the molecule is CCC1C(c2cccc3oc4ccccc4c23)=Nc2c(sc3ccccc23)C1n1c2cc3ccccc3cc2c2c3ccccc3ccc21. The van der Waals surface area contributed by atoms with Gasteiger partial charge in [0, 0.05) is 43.1 Å². The number of rotatable bonds is 3. The molecule has 0 spiro atoms. The van der Waals surface area contributed by atoms with Gasteiger partial charge in [0.25, 0.3) is 0 Å². The third-order valence-corrected chi connectivity index (χ3v) is 12.0. The summed E-state index contributed by atoms with van der Waals surface area (Å²) in [6.45, 7) is 2.33. The van der Waals surface area contributed by atoms with Crippen LogP contribution in [0.2, 0.25) is 0 Å². The average Bonchev–Trinajstić information content (AvgIpc) is 3.82. The van der Waals surface area contributed by atoms with E-state index in [1.54, 1.807) is 0 Å². The molecule has 0 fully saturated rings. The summed E-state index contributed by atoms with van der Waals surface area (Å²) in [5.74, 6) is 0.122. The molecule has 0 aliphatic carbocycles. The molecule has 49 heavy (non-hydrogen) atoms. The van der Waals surface area contributed by atoms with E-state index in [1.165, 1.54) is 58.3 Å². The Balaban J connectivity index is 1.29. The molecule has 2 unspecified atom stereocenters. The molecule has 7 aromatic carbocycles. The number of benzene rings is 7. The molecule has 0 saturated carbocycles. The standard InChI is InChI=1S/C45H30N2OS/c1-2-29-42(33-18-11-20-38-41(33)31-16-7-9-19-37(31)48-38)46-43-32-17-8-10-21-39(32)49-45(43)44(29)47-35-23-22-26-12-5-6-15-30(26)40(35)34-24-27-13-3-4-14-28(27)25-36(34)47/h3-25,29,44H,2H2,1H3. The Morgan fingerprint density at radius 2 is 1.33 bits per heavy atom. The minimum absolute atomic E-state index is 0.0423. The molecule has 0 bridgehead atoms. The van der Waals surface area contributed by atoms with Gasteiger partial charge in [-0.05, 0) is 64.4 Å². The molecule has 0 N–H and O–H groups in total. The predicted molar refractivity (Wildman–Crippen MR) is 208 cm³/mol.